The van der Waals surface area contributed by atoms with Crippen molar-refractivity contribution in [2.24, 2.45) is 0 Å². The Morgan fingerprint density at radius 1 is 1.33 bits per heavy atom. The summed E-state index contributed by atoms with van der Waals surface area (Å²) in [7, 11) is 4.92. The number of nitrogen functional groups attached to an aromatic ring is 1. The van der Waals surface area contributed by atoms with Gasteiger partial charge in [-0.3, -0.25) is 0 Å². The maximum atomic E-state index is 10.4. The molecule has 3 heteroatoms. The summed E-state index contributed by atoms with van der Waals surface area (Å²) >= 11 is 0. The minimum Gasteiger partial charge on any atom is -0.399 e. The van der Waals surface area contributed by atoms with Gasteiger partial charge >= 0.3 is 0 Å². The molecule has 2 radical (unpaired) electrons. The van der Waals surface area contributed by atoms with Crippen LogP contribution in [0.1, 0.15) is 5.56 Å². The van der Waals surface area contributed by atoms with Crippen molar-refractivity contribution in [3.05, 3.63) is 35.9 Å². The SMILES string of the molecule is [B]C(=O)/C=C/c1ccc(N)cc1. The van der Waals surface area contributed by atoms with E-state index in [4.69, 9.17) is 13.6 Å². The number of nitrogens with two attached hydrogens (primary N) is 1. The van der Waals surface area contributed by atoms with Crippen molar-refractivity contribution >= 4 is 25.3 Å². The third-order valence-electron chi connectivity index (χ3n) is 1.38. The zero-order valence-electron chi connectivity index (χ0n) is 6.53. The highest BCUT2D eigenvalue weighted by Crippen LogP contribution is 2.06. The maximum Gasteiger partial charge on any atom is 0.174 e. The molecule has 0 atom stereocenters. The van der Waals surface area contributed by atoms with Gasteiger partial charge in [-0.2, -0.15) is 0 Å². The van der Waals surface area contributed by atoms with Crippen LogP contribution in [0.4, 0.5) is 5.69 Å². The molecule has 0 saturated heterocycles. The molecule has 1 rings (SSSR count). The van der Waals surface area contributed by atoms with Gasteiger partial charge < -0.3 is 10.5 Å². The van der Waals surface area contributed by atoms with Gasteiger partial charge in [0.25, 0.3) is 0 Å². The highest BCUT2D eigenvalue weighted by atomic mass is 16.1. The fourth-order valence-corrected chi connectivity index (χ4v) is 0.785. The van der Waals surface area contributed by atoms with E-state index in [9.17, 15) is 4.79 Å². The van der Waals surface area contributed by atoms with E-state index in [0.717, 1.165) is 5.56 Å². The molecule has 0 aromatic heterocycles. The van der Waals surface area contributed by atoms with Crippen molar-refractivity contribution in [1.29, 1.82) is 0 Å². The predicted octanol–water partition coefficient (Wildman–Crippen LogP) is 0.977. The Hall–Kier alpha value is -1.51. The van der Waals surface area contributed by atoms with E-state index in [-0.39, 0.29) is 0 Å². The summed E-state index contributed by atoms with van der Waals surface area (Å²) in [6.07, 6.45) is 2.95. The molecule has 2 nitrogen and oxygen atoms in total. The summed E-state index contributed by atoms with van der Waals surface area (Å²) < 4.78 is 0. The first-order chi connectivity index (χ1) is 5.68. The predicted molar refractivity (Wildman–Crippen MR) is 50.6 cm³/mol. The van der Waals surface area contributed by atoms with Crippen LogP contribution in [0.2, 0.25) is 0 Å². The molecule has 12 heavy (non-hydrogen) atoms. The van der Waals surface area contributed by atoms with Crippen molar-refractivity contribution in [2.45, 2.75) is 0 Å². The van der Waals surface area contributed by atoms with E-state index >= 15 is 0 Å². The number of hydrogen-bond acceptors (Lipinski definition) is 2. The molecule has 0 spiro atoms. The molecule has 1 aromatic carbocycles. The molecule has 0 heterocycles. The van der Waals surface area contributed by atoms with E-state index in [1.54, 1.807) is 18.2 Å². The van der Waals surface area contributed by atoms with Crippen molar-refractivity contribution in [2.75, 3.05) is 5.73 Å². The lowest BCUT2D eigenvalue weighted by Gasteiger charge is -1.93. The molecule has 0 amide bonds. The Labute approximate surface area is 72.5 Å². The van der Waals surface area contributed by atoms with E-state index in [1.807, 2.05) is 12.1 Å². The molecule has 0 aliphatic carbocycles. The van der Waals surface area contributed by atoms with E-state index in [0.29, 0.717) is 5.69 Å². The highest BCUT2D eigenvalue weighted by Gasteiger charge is 1.87. The molecule has 2 N–H and O–H groups in total. The fourth-order valence-electron chi connectivity index (χ4n) is 0.785. The summed E-state index contributed by atoms with van der Waals surface area (Å²) in [5, 5.41) is 0. The Kier molecular flexibility index (Phi) is 2.69. The van der Waals surface area contributed by atoms with Crippen LogP contribution in [0.25, 0.3) is 6.08 Å². The molecule has 0 unspecified atom stereocenters. The third kappa shape index (κ3) is 2.62. The number of benzene rings is 1. The standard InChI is InChI=1S/C9H8BNO/c10-9(12)6-3-7-1-4-8(11)5-2-7/h1-6H,11H2/b6-3+. The first-order valence-electron chi connectivity index (χ1n) is 3.51. The minimum absolute atomic E-state index is 0.452. The Balaban J connectivity index is 2.77. The molecular formula is C9H8BNO. The first kappa shape index (κ1) is 8.59. The number of carbonyl (C=O) groups excluding carboxylic acids is 1. The van der Waals surface area contributed by atoms with Crippen LogP contribution >= 0.6 is 0 Å². The minimum atomic E-state index is -0.452. The number of allylic oxidation sites excluding steroid dienone is 1. The van der Waals surface area contributed by atoms with Crippen LogP contribution < -0.4 is 5.73 Å². The summed E-state index contributed by atoms with van der Waals surface area (Å²) in [4.78, 5) is 10.4. The second-order valence-electron chi connectivity index (χ2n) is 2.40. The average Bonchev–Trinajstić information content (AvgIpc) is 2.03. The van der Waals surface area contributed by atoms with Crippen molar-refractivity contribution in [3.63, 3.8) is 0 Å². The van der Waals surface area contributed by atoms with Crippen molar-refractivity contribution in [1.82, 2.24) is 0 Å². The zero-order chi connectivity index (χ0) is 8.97. The largest absolute Gasteiger partial charge is 0.399 e. The molecule has 0 aliphatic rings. The normalized spacial score (nSPS) is 10.3. The Morgan fingerprint density at radius 3 is 2.42 bits per heavy atom. The van der Waals surface area contributed by atoms with E-state index in [1.165, 1.54) is 6.08 Å². The number of hydrogen-bond donors (Lipinski definition) is 1. The summed E-state index contributed by atoms with van der Waals surface area (Å²) in [6.45, 7) is 0. The highest BCUT2D eigenvalue weighted by molar-refractivity contribution is 6.61. The Bertz CT molecular complexity index is 303. The lowest BCUT2D eigenvalue weighted by Crippen LogP contribution is -1.87. The average molecular weight is 157 g/mol. The van der Waals surface area contributed by atoms with Crippen molar-refractivity contribution < 1.29 is 4.79 Å². The lowest BCUT2D eigenvalue weighted by atomic mass is 10.0. The summed E-state index contributed by atoms with van der Waals surface area (Å²) in [5.74, 6) is 0. The van der Waals surface area contributed by atoms with Crippen LogP contribution in [-0.2, 0) is 4.79 Å². The topological polar surface area (TPSA) is 43.1 Å². The second kappa shape index (κ2) is 3.76. The van der Waals surface area contributed by atoms with Gasteiger partial charge in [-0.25, -0.2) is 0 Å². The van der Waals surface area contributed by atoms with Gasteiger partial charge in [0.1, 0.15) is 0 Å². The third-order valence-corrected chi connectivity index (χ3v) is 1.38. The van der Waals surface area contributed by atoms with Gasteiger partial charge in [-0.1, -0.05) is 18.2 Å². The number of anilines is 1. The monoisotopic (exact) mass is 157 g/mol. The fraction of sp³-hybridized carbons (Fsp3) is 0. The molecule has 0 saturated carbocycles. The van der Waals surface area contributed by atoms with E-state index in [2.05, 4.69) is 0 Å². The zero-order valence-corrected chi connectivity index (χ0v) is 6.53. The van der Waals surface area contributed by atoms with Crippen LogP contribution in [0.15, 0.2) is 30.3 Å². The summed E-state index contributed by atoms with van der Waals surface area (Å²) in [5.41, 5.74) is 6.62. The molecule has 0 aliphatic heterocycles. The maximum absolute atomic E-state index is 10.4. The van der Waals surface area contributed by atoms with Crippen molar-refractivity contribution in [3.8, 4) is 0 Å². The summed E-state index contributed by atoms with van der Waals surface area (Å²) in [6, 6.07) is 7.16. The number of rotatable bonds is 2. The first-order valence-corrected chi connectivity index (χ1v) is 3.51. The lowest BCUT2D eigenvalue weighted by molar-refractivity contribution is -0.107. The molecule has 0 fully saturated rings. The van der Waals surface area contributed by atoms with Gasteiger partial charge in [0.05, 0.1) is 5.68 Å². The number of carbonyl (C=O) groups is 1. The molecule has 1 aromatic rings. The smallest absolute Gasteiger partial charge is 0.174 e. The molecule has 58 valence electrons. The van der Waals surface area contributed by atoms with Gasteiger partial charge in [0.15, 0.2) is 7.85 Å². The van der Waals surface area contributed by atoms with Gasteiger partial charge in [-0.05, 0) is 23.8 Å². The van der Waals surface area contributed by atoms with Gasteiger partial charge in [0, 0.05) is 5.69 Å². The van der Waals surface area contributed by atoms with Crippen LogP contribution in [0, 0.1) is 0 Å². The van der Waals surface area contributed by atoms with Gasteiger partial charge in [0.2, 0.25) is 0 Å². The Morgan fingerprint density at radius 2 is 1.92 bits per heavy atom. The van der Waals surface area contributed by atoms with Crippen LogP contribution in [0.5, 0.6) is 0 Å². The molecular weight excluding hydrogens is 149 g/mol. The second-order valence-corrected chi connectivity index (χ2v) is 2.40. The quantitative estimate of drug-likeness (QED) is 0.395. The van der Waals surface area contributed by atoms with Crippen LogP contribution in [0.3, 0.4) is 0 Å². The molecule has 0 bridgehead atoms. The van der Waals surface area contributed by atoms with Gasteiger partial charge in [-0.15, -0.1) is 0 Å². The van der Waals surface area contributed by atoms with E-state index < -0.39 is 5.68 Å². The van der Waals surface area contributed by atoms with Crippen LogP contribution in [-0.4, -0.2) is 13.5 Å².